The number of hydrogen-bond acceptors (Lipinski definition) is 3. The average Bonchev–Trinajstić information content (AvgIpc) is 2.35. The number of halogens is 1. The van der Waals surface area contributed by atoms with E-state index < -0.39 is 0 Å². The standard InChI is InChI=1S/C14H18ClNO2/c1-9-5-2-3-8-12(9)18-14(17)10-6-4-7-11(16)13(10)15/h4,6-7,9,12H,2-3,5,8,16H2,1H3. The number of nitrogens with two attached hydrogens (primary N) is 1. The topological polar surface area (TPSA) is 52.3 Å². The molecule has 0 aromatic heterocycles. The molecule has 98 valence electrons. The molecule has 3 nitrogen and oxygen atoms in total. The number of ether oxygens (including phenoxy) is 1. The van der Waals surface area contributed by atoms with Crippen molar-refractivity contribution in [2.75, 3.05) is 5.73 Å². The zero-order valence-electron chi connectivity index (χ0n) is 10.5. The fraction of sp³-hybridized carbons (Fsp3) is 0.500. The number of carbonyl (C=O) groups excluding carboxylic acids is 1. The molecule has 1 saturated carbocycles. The lowest BCUT2D eigenvalue weighted by molar-refractivity contribution is 0.00484. The van der Waals surface area contributed by atoms with E-state index in [4.69, 9.17) is 22.1 Å². The normalized spacial score (nSPS) is 23.7. The summed E-state index contributed by atoms with van der Waals surface area (Å²) in [6.07, 6.45) is 4.39. The number of nitrogen functional groups attached to an aromatic ring is 1. The van der Waals surface area contributed by atoms with Crippen molar-refractivity contribution in [1.82, 2.24) is 0 Å². The number of carbonyl (C=O) groups is 1. The number of anilines is 1. The third-order valence-electron chi connectivity index (χ3n) is 3.54. The van der Waals surface area contributed by atoms with Crippen molar-refractivity contribution < 1.29 is 9.53 Å². The van der Waals surface area contributed by atoms with Crippen LogP contribution < -0.4 is 5.73 Å². The SMILES string of the molecule is CC1CCCCC1OC(=O)c1cccc(N)c1Cl. The van der Waals surface area contributed by atoms with Crippen molar-refractivity contribution in [3.8, 4) is 0 Å². The Labute approximate surface area is 112 Å². The Morgan fingerprint density at radius 3 is 2.83 bits per heavy atom. The van der Waals surface area contributed by atoms with E-state index in [-0.39, 0.29) is 17.1 Å². The van der Waals surface area contributed by atoms with E-state index in [0.29, 0.717) is 17.2 Å². The number of hydrogen-bond donors (Lipinski definition) is 1. The van der Waals surface area contributed by atoms with Crippen molar-refractivity contribution in [1.29, 1.82) is 0 Å². The van der Waals surface area contributed by atoms with Gasteiger partial charge in [-0.15, -0.1) is 0 Å². The van der Waals surface area contributed by atoms with Crippen LogP contribution in [-0.2, 0) is 4.74 Å². The maximum absolute atomic E-state index is 12.1. The number of rotatable bonds is 2. The van der Waals surface area contributed by atoms with Gasteiger partial charge >= 0.3 is 5.97 Å². The highest BCUT2D eigenvalue weighted by atomic mass is 35.5. The van der Waals surface area contributed by atoms with Gasteiger partial charge in [0.2, 0.25) is 0 Å². The van der Waals surface area contributed by atoms with Crippen LogP contribution in [0.5, 0.6) is 0 Å². The van der Waals surface area contributed by atoms with Crippen molar-refractivity contribution in [3.63, 3.8) is 0 Å². The monoisotopic (exact) mass is 267 g/mol. The van der Waals surface area contributed by atoms with Gasteiger partial charge in [-0.1, -0.05) is 31.0 Å². The third-order valence-corrected chi connectivity index (χ3v) is 3.96. The van der Waals surface area contributed by atoms with Crippen LogP contribution in [-0.4, -0.2) is 12.1 Å². The number of benzene rings is 1. The molecule has 4 heteroatoms. The molecule has 0 spiro atoms. The Bertz CT molecular complexity index is 447. The van der Waals surface area contributed by atoms with Gasteiger partial charge in [-0.05, 0) is 37.3 Å². The van der Waals surface area contributed by atoms with Crippen LogP contribution in [0.4, 0.5) is 5.69 Å². The molecule has 2 unspecified atom stereocenters. The average molecular weight is 268 g/mol. The summed E-state index contributed by atoms with van der Waals surface area (Å²) in [5, 5.41) is 0.283. The van der Waals surface area contributed by atoms with Gasteiger partial charge in [0.15, 0.2) is 0 Å². The Morgan fingerprint density at radius 2 is 2.11 bits per heavy atom. The van der Waals surface area contributed by atoms with Gasteiger partial charge in [0, 0.05) is 0 Å². The fourth-order valence-electron chi connectivity index (χ4n) is 2.37. The Kier molecular flexibility index (Phi) is 4.12. The van der Waals surface area contributed by atoms with Crippen LogP contribution in [0.15, 0.2) is 18.2 Å². The van der Waals surface area contributed by atoms with Crippen molar-refractivity contribution in [3.05, 3.63) is 28.8 Å². The van der Waals surface area contributed by atoms with Crippen molar-refractivity contribution >= 4 is 23.3 Å². The summed E-state index contributed by atoms with van der Waals surface area (Å²) in [5.41, 5.74) is 6.44. The zero-order valence-corrected chi connectivity index (χ0v) is 11.2. The van der Waals surface area contributed by atoms with Gasteiger partial charge < -0.3 is 10.5 Å². The van der Waals surface area contributed by atoms with E-state index in [1.807, 2.05) is 0 Å². The molecule has 2 N–H and O–H groups in total. The molecular formula is C14H18ClNO2. The molecule has 2 rings (SSSR count). The van der Waals surface area contributed by atoms with E-state index in [0.717, 1.165) is 19.3 Å². The predicted molar refractivity (Wildman–Crippen MR) is 72.7 cm³/mol. The summed E-state index contributed by atoms with van der Waals surface area (Å²) in [5.74, 6) is 0.0496. The summed E-state index contributed by atoms with van der Waals surface area (Å²) in [4.78, 5) is 12.1. The Morgan fingerprint density at radius 1 is 1.39 bits per heavy atom. The summed E-state index contributed by atoms with van der Waals surface area (Å²) in [6, 6.07) is 5.03. The second-order valence-electron chi connectivity index (χ2n) is 4.91. The zero-order chi connectivity index (χ0) is 13.1. The minimum Gasteiger partial charge on any atom is -0.458 e. The van der Waals surface area contributed by atoms with Crippen LogP contribution in [0.25, 0.3) is 0 Å². The van der Waals surface area contributed by atoms with Crippen LogP contribution in [0.1, 0.15) is 43.0 Å². The lowest BCUT2D eigenvalue weighted by Crippen LogP contribution is -2.28. The minimum atomic E-state index is -0.369. The summed E-state index contributed by atoms with van der Waals surface area (Å²) in [6.45, 7) is 2.12. The quantitative estimate of drug-likeness (QED) is 0.657. The lowest BCUT2D eigenvalue weighted by Gasteiger charge is -2.28. The highest BCUT2D eigenvalue weighted by Crippen LogP contribution is 2.29. The minimum absolute atomic E-state index is 0.00347. The molecule has 0 aliphatic heterocycles. The number of esters is 1. The molecule has 0 radical (unpaired) electrons. The molecule has 0 amide bonds. The molecule has 1 fully saturated rings. The summed E-state index contributed by atoms with van der Waals surface area (Å²) in [7, 11) is 0. The highest BCUT2D eigenvalue weighted by molar-refractivity contribution is 6.36. The van der Waals surface area contributed by atoms with Crippen LogP contribution in [0.2, 0.25) is 5.02 Å². The van der Waals surface area contributed by atoms with Gasteiger partial charge in [0.25, 0.3) is 0 Å². The first kappa shape index (κ1) is 13.2. The second kappa shape index (κ2) is 5.61. The van der Waals surface area contributed by atoms with Crippen molar-refractivity contribution in [2.45, 2.75) is 38.7 Å². The lowest BCUT2D eigenvalue weighted by atomic mass is 9.88. The molecule has 0 saturated heterocycles. The fourth-order valence-corrected chi connectivity index (χ4v) is 2.57. The van der Waals surface area contributed by atoms with Gasteiger partial charge in [-0.3, -0.25) is 0 Å². The largest absolute Gasteiger partial charge is 0.458 e. The van der Waals surface area contributed by atoms with Gasteiger partial charge in [0.1, 0.15) is 6.10 Å². The first-order chi connectivity index (χ1) is 8.59. The van der Waals surface area contributed by atoms with E-state index >= 15 is 0 Å². The molecule has 0 bridgehead atoms. The molecule has 1 aromatic carbocycles. The molecule has 18 heavy (non-hydrogen) atoms. The van der Waals surface area contributed by atoms with Gasteiger partial charge in [-0.2, -0.15) is 0 Å². The van der Waals surface area contributed by atoms with Crippen LogP contribution >= 0.6 is 11.6 Å². The van der Waals surface area contributed by atoms with E-state index in [1.54, 1.807) is 18.2 Å². The second-order valence-corrected chi connectivity index (χ2v) is 5.29. The predicted octanol–water partition coefficient (Wildman–Crippen LogP) is 3.66. The van der Waals surface area contributed by atoms with Crippen LogP contribution in [0, 0.1) is 5.92 Å². The molecule has 1 aromatic rings. The third kappa shape index (κ3) is 2.78. The first-order valence-corrected chi connectivity index (χ1v) is 6.72. The van der Waals surface area contributed by atoms with Crippen molar-refractivity contribution in [2.24, 2.45) is 5.92 Å². The smallest absolute Gasteiger partial charge is 0.340 e. The Hall–Kier alpha value is -1.22. The van der Waals surface area contributed by atoms with E-state index in [9.17, 15) is 4.79 Å². The van der Waals surface area contributed by atoms with E-state index in [1.165, 1.54) is 6.42 Å². The van der Waals surface area contributed by atoms with E-state index in [2.05, 4.69) is 6.92 Å². The van der Waals surface area contributed by atoms with Gasteiger partial charge in [0.05, 0.1) is 16.3 Å². The molecule has 1 aliphatic carbocycles. The maximum Gasteiger partial charge on any atom is 0.340 e. The molecule has 1 aliphatic rings. The summed E-state index contributed by atoms with van der Waals surface area (Å²) >= 11 is 6.02. The molecule has 2 atom stereocenters. The first-order valence-electron chi connectivity index (χ1n) is 6.34. The molecular weight excluding hydrogens is 250 g/mol. The molecule has 0 heterocycles. The Balaban J connectivity index is 2.09. The summed E-state index contributed by atoms with van der Waals surface area (Å²) < 4.78 is 5.55. The van der Waals surface area contributed by atoms with Crippen LogP contribution in [0.3, 0.4) is 0 Å². The highest BCUT2D eigenvalue weighted by Gasteiger charge is 2.26. The van der Waals surface area contributed by atoms with Gasteiger partial charge in [-0.25, -0.2) is 4.79 Å². The maximum atomic E-state index is 12.1.